The Kier molecular flexibility index (Phi) is 5.83. The van der Waals surface area contributed by atoms with E-state index in [4.69, 9.17) is 16.3 Å². The Morgan fingerprint density at radius 1 is 1.50 bits per heavy atom. The first kappa shape index (κ1) is 15.3. The van der Waals surface area contributed by atoms with Gasteiger partial charge < -0.3 is 15.0 Å². The number of halogens is 1. The number of carbonyl (C=O) groups is 1. The first-order valence-corrected chi connectivity index (χ1v) is 7.35. The van der Waals surface area contributed by atoms with Gasteiger partial charge in [0, 0.05) is 24.2 Å². The molecule has 0 radical (unpaired) electrons. The van der Waals surface area contributed by atoms with E-state index in [0.717, 1.165) is 31.5 Å². The first-order valence-electron chi connectivity index (χ1n) is 6.97. The number of carbonyl (C=O) groups excluding carboxylic acids is 1. The van der Waals surface area contributed by atoms with Gasteiger partial charge in [-0.05, 0) is 31.5 Å². The summed E-state index contributed by atoms with van der Waals surface area (Å²) in [7, 11) is 1.91. The maximum Gasteiger partial charge on any atom is 0.248 e. The van der Waals surface area contributed by atoms with Crippen LogP contribution in [0.5, 0.6) is 0 Å². The van der Waals surface area contributed by atoms with Gasteiger partial charge in [-0.3, -0.25) is 4.79 Å². The minimum absolute atomic E-state index is 0.0646. The van der Waals surface area contributed by atoms with E-state index < -0.39 is 0 Å². The Morgan fingerprint density at radius 2 is 2.30 bits per heavy atom. The van der Waals surface area contributed by atoms with E-state index in [9.17, 15) is 4.79 Å². The number of likely N-dealkylation sites (tertiary alicyclic amines) is 1. The van der Waals surface area contributed by atoms with E-state index in [0.29, 0.717) is 17.7 Å². The van der Waals surface area contributed by atoms with Gasteiger partial charge in [0.1, 0.15) is 6.61 Å². The van der Waals surface area contributed by atoms with Gasteiger partial charge in [-0.15, -0.1) is 0 Å². The summed E-state index contributed by atoms with van der Waals surface area (Å²) in [4.78, 5) is 14.1. The van der Waals surface area contributed by atoms with Crippen LogP contribution in [0.2, 0.25) is 5.02 Å². The number of nitrogens with zero attached hydrogens (tertiary/aromatic N) is 1. The lowest BCUT2D eigenvalue weighted by Crippen LogP contribution is -2.42. The van der Waals surface area contributed by atoms with Crippen molar-refractivity contribution in [2.24, 2.45) is 0 Å². The summed E-state index contributed by atoms with van der Waals surface area (Å²) in [6, 6.07) is 7.83. The second kappa shape index (κ2) is 7.62. The van der Waals surface area contributed by atoms with E-state index >= 15 is 0 Å². The normalized spacial score (nSPS) is 18.5. The van der Waals surface area contributed by atoms with Crippen molar-refractivity contribution in [3.63, 3.8) is 0 Å². The van der Waals surface area contributed by atoms with Crippen molar-refractivity contribution in [1.29, 1.82) is 0 Å². The molecule has 1 unspecified atom stereocenters. The van der Waals surface area contributed by atoms with Crippen LogP contribution in [0.1, 0.15) is 18.4 Å². The monoisotopic (exact) mass is 296 g/mol. The van der Waals surface area contributed by atoms with E-state index in [2.05, 4.69) is 5.32 Å². The highest BCUT2D eigenvalue weighted by atomic mass is 35.5. The van der Waals surface area contributed by atoms with Crippen LogP contribution in [-0.4, -0.2) is 43.6 Å². The van der Waals surface area contributed by atoms with Crippen molar-refractivity contribution in [3.05, 3.63) is 34.9 Å². The smallest absolute Gasteiger partial charge is 0.248 e. The van der Waals surface area contributed by atoms with Gasteiger partial charge >= 0.3 is 0 Å². The van der Waals surface area contributed by atoms with Gasteiger partial charge in [0.2, 0.25) is 5.91 Å². The number of ether oxygens (including phenoxy) is 1. The lowest BCUT2D eigenvalue weighted by Gasteiger charge is -2.24. The summed E-state index contributed by atoms with van der Waals surface area (Å²) >= 11 is 6.05. The third-order valence-electron chi connectivity index (χ3n) is 3.58. The summed E-state index contributed by atoms with van der Waals surface area (Å²) in [6.45, 7) is 2.16. The van der Waals surface area contributed by atoms with Crippen molar-refractivity contribution in [3.8, 4) is 0 Å². The maximum atomic E-state index is 12.1. The van der Waals surface area contributed by atoms with Crippen LogP contribution >= 0.6 is 11.6 Å². The van der Waals surface area contributed by atoms with Gasteiger partial charge in [-0.2, -0.15) is 0 Å². The highest BCUT2D eigenvalue weighted by molar-refractivity contribution is 6.31. The molecular weight excluding hydrogens is 276 g/mol. The maximum absolute atomic E-state index is 12.1. The number of nitrogens with one attached hydrogen (secondary N) is 1. The summed E-state index contributed by atoms with van der Waals surface area (Å²) in [6.07, 6.45) is 2.14. The summed E-state index contributed by atoms with van der Waals surface area (Å²) in [5, 5.41) is 3.81. The number of hydrogen-bond acceptors (Lipinski definition) is 3. The lowest BCUT2D eigenvalue weighted by atomic mass is 10.2. The van der Waals surface area contributed by atoms with Crippen LogP contribution in [0, 0.1) is 0 Å². The largest absolute Gasteiger partial charge is 0.367 e. The van der Waals surface area contributed by atoms with Crippen molar-refractivity contribution in [1.82, 2.24) is 10.2 Å². The van der Waals surface area contributed by atoms with Gasteiger partial charge in [-0.25, -0.2) is 0 Å². The van der Waals surface area contributed by atoms with Crippen LogP contribution in [0.25, 0.3) is 0 Å². The predicted molar refractivity (Wildman–Crippen MR) is 79.8 cm³/mol. The minimum atomic E-state index is 0.0646. The molecule has 1 N–H and O–H groups in total. The van der Waals surface area contributed by atoms with Gasteiger partial charge in [-0.1, -0.05) is 29.8 Å². The molecule has 110 valence electrons. The molecule has 1 aliphatic rings. The highest BCUT2D eigenvalue weighted by Gasteiger charge is 2.27. The van der Waals surface area contributed by atoms with Crippen LogP contribution in [-0.2, 0) is 16.1 Å². The summed E-state index contributed by atoms with van der Waals surface area (Å²) in [5.74, 6) is 0.0646. The number of likely N-dealkylation sites (N-methyl/N-ethyl adjacent to an activating group) is 1. The van der Waals surface area contributed by atoms with E-state index in [-0.39, 0.29) is 12.5 Å². The fourth-order valence-electron chi connectivity index (χ4n) is 2.56. The quantitative estimate of drug-likeness (QED) is 0.874. The molecule has 20 heavy (non-hydrogen) atoms. The average molecular weight is 297 g/mol. The molecule has 1 saturated heterocycles. The van der Waals surface area contributed by atoms with Crippen LogP contribution in [0.3, 0.4) is 0 Å². The van der Waals surface area contributed by atoms with E-state index in [1.54, 1.807) is 0 Å². The molecule has 1 aromatic carbocycles. The van der Waals surface area contributed by atoms with Gasteiger partial charge in [0.15, 0.2) is 0 Å². The molecule has 0 saturated carbocycles. The third-order valence-corrected chi connectivity index (χ3v) is 3.95. The second-order valence-corrected chi connectivity index (χ2v) is 5.43. The molecule has 1 amide bonds. The van der Waals surface area contributed by atoms with Crippen molar-refractivity contribution in [2.75, 3.05) is 26.7 Å². The van der Waals surface area contributed by atoms with Gasteiger partial charge in [0.25, 0.3) is 0 Å². The molecule has 4 nitrogen and oxygen atoms in total. The molecule has 1 aliphatic heterocycles. The fraction of sp³-hybridized carbons (Fsp3) is 0.533. The zero-order valence-electron chi connectivity index (χ0n) is 11.8. The Morgan fingerprint density at radius 3 is 3.05 bits per heavy atom. The van der Waals surface area contributed by atoms with Crippen molar-refractivity contribution < 1.29 is 9.53 Å². The fourth-order valence-corrected chi connectivity index (χ4v) is 2.75. The lowest BCUT2D eigenvalue weighted by molar-refractivity contribution is -0.137. The molecule has 1 aromatic rings. The van der Waals surface area contributed by atoms with Gasteiger partial charge in [0.05, 0.1) is 6.61 Å². The molecule has 0 bridgehead atoms. The van der Waals surface area contributed by atoms with E-state index in [1.165, 1.54) is 0 Å². The second-order valence-electron chi connectivity index (χ2n) is 5.03. The number of rotatable bonds is 6. The number of hydrogen-bond donors (Lipinski definition) is 1. The first-order chi connectivity index (χ1) is 9.72. The Bertz CT molecular complexity index is 453. The molecule has 1 heterocycles. The Balaban J connectivity index is 1.79. The standard InChI is InChI=1S/C15H21ClN2O2/c1-17-9-13-6-4-8-18(13)15(19)11-20-10-12-5-2-3-7-14(12)16/h2-3,5,7,13,17H,4,6,8-11H2,1H3. The summed E-state index contributed by atoms with van der Waals surface area (Å²) in [5.41, 5.74) is 0.912. The molecule has 0 spiro atoms. The average Bonchev–Trinajstić information content (AvgIpc) is 2.89. The number of amides is 1. The Hall–Kier alpha value is -1.10. The SMILES string of the molecule is CNCC1CCCN1C(=O)COCc1ccccc1Cl. The number of benzene rings is 1. The molecule has 5 heteroatoms. The van der Waals surface area contributed by atoms with Crippen LogP contribution in [0.15, 0.2) is 24.3 Å². The minimum Gasteiger partial charge on any atom is -0.367 e. The molecule has 1 atom stereocenters. The zero-order valence-corrected chi connectivity index (χ0v) is 12.5. The van der Waals surface area contributed by atoms with Crippen molar-refractivity contribution in [2.45, 2.75) is 25.5 Å². The zero-order chi connectivity index (χ0) is 14.4. The molecular formula is C15H21ClN2O2. The van der Waals surface area contributed by atoms with Crippen LogP contribution < -0.4 is 5.32 Å². The van der Waals surface area contributed by atoms with Crippen molar-refractivity contribution >= 4 is 17.5 Å². The predicted octanol–water partition coefficient (Wildman–Crippen LogP) is 2.07. The molecule has 0 aromatic heterocycles. The molecule has 0 aliphatic carbocycles. The topological polar surface area (TPSA) is 41.6 Å². The Labute approximate surface area is 125 Å². The molecule has 2 rings (SSSR count). The summed E-state index contributed by atoms with van der Waals surface area (Å²) < 4.78 is 5.51. The third kappa shape index (κ3) is 3.95. The highest BCUT2D eigenvalue weighted by Crippen LogP contribution is 2.18. The van der Waals surface area contributed by atoms with Crippen LogP contribution in [0.4, 0.5) is 0 Å². The molecule has 1 fully saturated rings. The van der Waals surface area contributed by atoms with E-state index in [1.807, 2.05) is 36.2 Å².